The van der Waals surface area contributed by atoms with Gasteiger partial charge in [0.15, 0.2) is 35.2 Å². The predicted molar refractivity (Wildman–Crippen MR) is 134 cm³/mol. The maximum Gasteiger partial charge on any atom is 0.324 e. The Morgan fingerprint density at radius 3 is 1.11 bits per heavy atom. The first kappa shape index (κ1) is 39.9. The molecular formula is C20H32Cl2N10O12+2. The average Bonchev–Trinajstić information content (AvgIpc) is 3.39. The van der Waals surface area contributed by atoms with E-state index in [4.69, 9.17) is 37.3 Å². The molecule has 0 bridgehead atoms. The number of nitrogens with one attached hydrogen (secondary N) is 2. The summed E-state index contributed by atoms with van der Waals surface area (Å²) in [7, 11) is 4.79. The smallest absolute Gasteiger partial charge is 0.324 e. The van der Waals surface area contributed by atoms with Crippen LogP contribution in [0.15, 0.2) is 12.4 Å². The number of rotatable bonds is 9. The lowest BCUT2D eigenvalue weighted by atomic mass is 10.1. The average molecular weight is 675 g/mol. The molecule has 2 aromatic heterocycles. The second kappa shape index (κ2) is 16.7. The molecule has 0 atom stereocenters. The highest BCUT2D eigenvalue weighted by molar-refractivity contribution is 6.10. The van der Waals surface area contributed by atoms with Crippen LogP contribution in [0.25, 0.3) is 22.5 Å². The topological polar surface area (TPSA) is 335 Å². The van der Waals surface area contributed by atoms with Crippen LogP contribution < -0.4 is 28.0 Å². The van der Waals surface area contributed by atoms with Crippen LogP contribution in [0.5, 0.6) is 0 Å². The molecule has 0 fully saturated rings. The minimum Gasteiger partial charge on any atom is -0.383 e. The summed E-state index contributed by atoms with van der Waals surface area (Å²) in [4.78, 5) is 26.4. The van der Waals surface area contributed by atoms with Crippen LogP contribution in [0, 0.1) is 40.7 Å². The van der Waals surface area contributed by atoms with E-state index in [1.807, 2.05) is 0 Å². The summed E-state index contributed by atoms with van der Waals surface area (Å²) >= 11 is 0. The highest BCUT2D eigenvalue weighted by Gasteiger charge is 2.36. The SMILES string of the molecule is CN(C)/C=C(\C=[N+](C)C)c1n[nH]c(-c2[nH]nc(/C(C=[N+](C)C)=C/N(C)C)c2[N+](=O)[O-])c1[N+](=O)[O-].[O-][Cl+3]([O-])([O-])O.[O-][Cl+3]([O-])([O-])O. The Bertz CT molecular complexity index is 1290. The van der Waals surface area contributed by atoms with Crippen molar-refractivity contribution in [3.63, 3.8) is 0 Å². The Labute approximate surface area is 253 Å². The quantitative estimate of drug-likeness (QED) is 0.0830. The van der Waals surface area contributed by atoms with Crippen molar-refractivity contribution in [3.8, 4) is 11.4 Å². The molecule has 4 N–H and O–H groups in total. The van der Waals surface area contributed by atoms with Crippen molar-refractivity contribution < 1.29 is 76.8 Å². The fourth-order valence-electron chi connectivity index (χ4n) is 3.20. The zero-order valence-corrected chi connectivity index (χ0v) is 26.1. The van der Waals surface area contributed by atoms with Gasteiger partial charge in [0.2, 0.25) is 0 Å². The van der Waals surface area contributed by atoms with E-state index in [-0.39, 0.29) is 22.8 Å². The molecule has 0 spiro atoms. The van der Waals surface area contributed by atoms with Crippen molar-refractivity contribution in [2.24, 2.45) is 0 Å². The van der Waals surface area contributed by atoms with Gasteiger partial charge in [-0.05, 0) is 0 Å². The normalized spacial score (nSPS) is 11.8. The first-order valence-corrected chi connectivity index (χ1v) is 13.9. The zero-order valence-electron chi connectivity index (χ0n) is 24.6. The summed E-state index contributed by atoms with van der Waals surface area (Å²) in [5.74, 6) is 0. The number of nitro groups is 2. The third-order valence-corrected chi connectivity index (χ3v) is 4.23. The molecule has 0 amide bonds. The Balaban J connectivity index is 0.00000159. The van der Waals surface area contributed by atoms with Gasteiger partial charge in [-0.1, -0.05) is 0 Å². The lowest BCUT2D eigenvalue weighted by Crippen LogP contribution is -2.58. The highest BCUT2D eigenvalue weighted by Crippen LogP contribution is 2.39. The van der Waals surface area contributed by atoms with Crippen molar-refractivity contribution >= 4 is 35.0 Å². The highest BCUT2D eigenvalue weighted by atomic mass is 35.7. The summed E-state index contributed by atoms with van der Waals surface area (Å²) in [6.45, 7) is 0. The monoisotopic (exact) mass is 674 g/mol. The summed E-state index contributed by atoms with van der Waals surface area (Å²) in [5, 5.41) is 37.7. The molecule has 0 aliphatic rings. The fourth-order valence-corrected chi connectivity index (χ4v) is 3.20. The van der Waals surface area contributed by atoms with Crippen LogP contribution in [0.4, 0.5) is 11.4 Å². The molecule has 0 radical (unpaired) electrons. The van der Waals surface area contributed by atoms with Crippen molar-refractivity contribution in [2.45, 2.75) is 0 Å². The molecule has 22 nitrogen and oxygen atoms in total. The summed E-state index contributed by atoms with van der Waals surface area (Å²) in [6.07, 6.45) is 6.68. The van der Waals surface area contributed by atoms with Crippen molar-refractivity contribution in [1.82, 2.24) is 30.2 Å². The maximum atomic E-state index is 12.1. The molecule has 0 aromatic carbocycles. The maximum absolute atomic E-state index is 12.1. The van der Waals surface area contributed by atoms with Crippen molar-refractivity contribution in [3.05, 3.63) is 44.0 Å². The van der Waals surface area contributed by atoms with Gasteiger partial charge >= 0.3 is 11.4 Å². The molecule has 0 aliphatic carbocycles. The third kappa shape index (κ3) is 15.4. The number of hydrogen-bond donors (Lipinski definition) is 4. The molecule has 2 aromatic rings. The second-order valence-electron chi connectivity index (χ2n) is 9.18. The Kier molecular flexibility index (Phi) is 15.1. The van der Waals surface area contributed by atoms with E-state index < -0.39 is 41.7 Å². The lowest BCUT2D eigenvalue weighted by molar-refractivity contribution is -1.92. The standard InChI is InChI=1S/C20H30N10O4.2ClHO4/c1-25(2)9-13(10-26(3)4)15-19(29(31)32)17(23-21-15)18-20(30(33)34)16(22-24-18)14(11-27(5)6)12-28(7)8;2*2-1(3,4)5/h9-12H,1-8H3,(H,21,23)(H,22,24);2*(H,2,3,4,5)/q+2;;. The molecule has 0 saturated carbocycles. The van der Waals surface area contributed by atoms with Gasteiger partial charge in [-0.2, -0.15) is 38.2 Å². The van der Waals surface area contributed by atoms with Crippen LogP contribution in [0.2, 0.25) is 0 Å². The molecule has 44 heavy (non-hydrogen) atoms. The molecular weight excluding hydrogens is 643 g/mol. The number of H-pyrrole nitrogens is 2. The van der Waals surface area contributed by atoms with Gasteiger partial charge in [0, 0.05) is 40.6 Å². The van der Waals surface area contributed by atoms with E-state index in [2.05, 4.69) is 20.4 Å². The number of nitrogens with zero attached hydrogens (tertiary/aromatic N) is 8. The van der Waals surface area contributed by atoms with Crippen molar-refractivity contribution in [2.75, 3.05) is 56.4 Å². The van der Waals surface area contributed by atoms with Gasteiger partial charge in [0.1, 0.15) is 28.2 Å². The van der Waals surface area contributed by atoms with Gasteiger partial charge in [-0.15, -0.1) is 0 Å². The second-order valence-corrected chi connectivity index (χ2v) is 10.8. The lowest BCUT2D eigenvalue weighted by Gasteiger charge is -2.06. The largest absolute Gasteiger partial charge is 0.383 e. The number of aromatic nitrogens is 4. The van der Waals surface area contributed by atoms with Gasteiger partial charge < -0.3 is 9.80 Å². The Morgan fingerprint density at radius 1 is 0.682 bits per heavy atom. The molecule has 2 heterocycles. The zero-order chi connectivity index (χ0) is 34.7. The minimum atomic E-state index is -4.69. The number of aromatic amines is 2. The first-order valence-electron chi connectivity index (χ1n) is 11.4. The van der Waals surface area contributed by atoms with Crippen LogP contribution in [-0.4, -0.2) is 127 Å². The molecule has 24 heteroatoms. The van der Waals surface area contributed by atoms with Gasteiger partial charge in [0.05, 0.1) is 50.8 Å². The first-order chi connectivity index (χ1) is 19.8. The molecule has 2 rings (SSSR count). The van der Waals surface area contributed by atoms with Gasteiger partial charge in [0.25, 0.3) is 0 Å². The fraction of sp³-hybridized carbons (Fsp3) is 0.400. The number of halogens is 2. The number of hydrogen-bond acceptors (Lipinski definition) is 16. The van der Waals surface area contributed by atoms with E-state index in [0.29, 0.717) is 11.1 Å². The Hall–Kier alpha value is -4.10. The summed E-state index contributed by atoms with van der Waals surface area (Å²) < 4.78 is 68.9. The summed E-state index contributed by atoms with van der Waals surface area (Å²) in [6, 6.07) is 0. The van der Waals surface area contributed by atoms with Gasteiger partial charge in [-0.25, -0.2) is 9.15 Å². The molecule has 246 valence electrons. The minimum absolute atomic E-state index is 0.0387. The van der Waals surface area contributed by atoms with Crippen LogP contribution in [-0.2, 0) is 0 Å². The van der Waals surface area contributed by atoms with E-state index in [0.717, 1.165) is 0 Å². The van der Waals surface area contributed by atoms with Gasteiger partial charge in [-0.3, -0.25) is 30.4 Å². The predicted octanol–water partition coefficient (Wildman–Crippen LogP) is -7.14. The van der Waals surface area contributed by atoms with Crippen molar-refractivity contribution in [1.29, 1.82) is 0 Å². The van der Waals surface area contributed by atoms with Crippen LogP contribution in [0.1, 0.15) is 11.4 Å². The van der Waals surface area contributed by atoms with Crippen LogP contribution in [0.3, 0.4) is 0 Å². The van der Waals surface area contributed by atoms with Crippen LogP contribution >= 0.6 is 0 Å². The molecule has 0 saturated heterocycles. The Morgan fingerprint density at radius 2 is 0.932 bits per heavy atom. The van der Waals surface area contributed by atoms with E-state index in [9.17, 15) is 20.2 Å². The number of allylic oxidation sites excluding steroid dienone is 2. The third-order valence-electron chi connectivity index (χ3n) is 4.23. The molecule has 0 aliphatic heterocycles. The molecule has 0 unspecified atom stereocenters. The van der Waals surface area contributed by atoms with E-state index in [1.165, 1.54) is 0 Å². The summed E-state index contributed by atoms with van der Waals surface area (Å²) in [5.41, 5.74) is -0.124. The van der Waals surface area contributed by atoms with E-state index >= 15 is 0 Å². The van der Waals surface area contributed by atoms with E-state index in [1.54, 1.807) is 100 Å².